The Bertz CT molecular complexity index is 1130. The Hall–Kier alpha value is -1.88. The normalized spacial score (nSPS) is 12.5. The van der Waals surface area contributed by atoms with Gasteiger partial charge in [0.2, 0.25) is 0 Å². The van der Waals surface area contributed by atoms with E-state index in [-0.39, 0.29) is 5.56 Å². The van der Waals surface area contributed by atoms with Crippen molar-refractivity contribution in [3.05, 3.63) is 73.0 Å². The van der Waals surface area contributed by atoms with Gasteiger partial charge in [0.25, 0.3) is 5.56 Å². The molecule has 0 radical (unpaired) electrons. The lowest BCUT2D eigenvalue weighted by Gasteiger charge is -1.97. The minimum Gasteiger partial charge on any atom is -0.267 e. The summed E-state index contributed by atoms with van der Waals surface area (Å²) in [5.74, 6) is 0. The highest BCUT2D eigenvalue weighted by Crippen LogP contribution is 2.22. The van der Waals surface area contributed by atoms with Gasteiger partial charge in [0.05, 0.1) is 15.6 Å². The van der Waals surface area contributed by atoms with Crippen molar-refractivity contribution in [2.75, 3.05) is 0 Å². The van der Waals surface area contributed by atoms with Crippen molar-refractivity contribution in [2.45, 2.75) is 0 Å². The number of aromatic nitrogens is 2. The molecule has 4 rings (SSSR count). The van der Waals surface area contributed by atoms with Crippen LogP contribution in [0.5, 0.6) is 0 Å². The molecule has 0 saturated carbocycles. The summed E-state index contributed by atoms with van der Waals surface area (Å²) >= 11 is 13.4. The van der Waals surface area contributed by atoms with Crippen LogP contribution in [0, 0.1) is 0 Å². The van der Waals surface area contributed by atoms with E-state index < -0.39 is 0 Å². The number of halogens is 2. The number of fused-ring (bicyclic) bond motifs is 3. The first-order chi connectivity index (χ1) is 10.6. The molecule has 4 aromatic rings. The third-order valence-corrected chi connectivity index (χ3v) is 4.93. The number of imidazole rings is 1. The van der Waals surface area contributed by atoms with Gasteiger partial charge < -0.3 is 0 Å². The molecule has 2 heterocycles. The van der Waals surface area contributed by atoms with E-state index >= 15 is 0 Å². The van der Waals surface area contributed by atoms with Crippen LogP contribution in [0.4, 0.5) is 0 Å². The number of hydrogen-bond donors (Lipinski definition) is 0. The van der Waals surface area contributed by atoms with E-state index in [1.54, 1.807) is 28.7 Å². The second kappa shape index (κ2) is 5.09. The first-order valence-corrected chi connectivity index (χ1v) is 8.07. The lowest BCUT2D eigenvalue weighted by Crippen LogP contribution is -2.22. The number of benzene rings is 2. The van der Waals surface area contributed by atoms with Crippen molar-refractivity contribution in [1.29, 1.82) is 0 Å². The van der Waals surface area contributed by atoms with Crippen LogP contribution in [-0.4, -0.2) is 9.38 Å². The molecule has 0 aliphatic heterocycles. The molecule has 6 heteroatoms. The second-order valence-corrected chi connectivity index (χ2v) is 6.65. The highest BCUT2D eigenvalue weighted by Gasteiger charge is 2.10. The molecule has 3 nitrogen and oxygen atoms in total. The van der Waals surface area contributed by atoms with Crippen LogP contribution in [0.2, 0.25) is 10.0 Å². The van der Waals surface area contributed by atoms with Crippen molar-refractivity contribution in [3.8, 4) is 0 Å². The van der Waals surface area contributed by atoms with E-state index in [0.29, 0.717) is 19.5 Å². The quantitative estimate of drug-likeness (QED) is 0.525. The summed E-state index contributed by atoms with van der Waals surface area (Å²) in [5, 5.41) is 1.08. The van der Waals surface area contributed by atoms with Crippen molar-refractivity contribution >= 4 is 56.6 Å². The molecule has 0 amide bonds. The van der Waals surface area contributed by atoms with Crippen LogP contribution in [0.1, 0.15) is 5.56 Å². The van der Waals surface area contributed by atoms with Crippen LogP contribution in [-0.2, 0) is 0 Å². The van der Waals surface area contributed by atoms with E-state index in [4.69, 9.17) is 23.2 Å². The zero-order valence-corrected chi connectivity index (χ0v) is 13.4. The fourth-order valence-electron chi connectivity index (χ4n) is 2.37. The first kappa shape index (κ1) is 13.8. The van der Waals surface area contributed by atoms with Crippen LogP contribution in [0.25, 0.3) is 22.1 Å². The average molecular weight is 347 g/mol. The van der Waals surface area contributed by atoms with Crippen LogP contribution in [0.15, 0.2) is 47.3 Å². The molecule has 0 aliphatic carbocycles. The summed E-state index contributed by atoms with van der Waals surface area (Å²) in [6, 6.07) is 12.8. The van der Waals surface area contributed by atoms with E-state index in [0.717, 1.165) is 16.6 Å². The van der Waals surface area contributed by atoms with Gasteiger partial charge in [-0.25, -0.2) is 9.38 Å². The molecular formula is C16H8Cl2N2OS. The zero-order chi connectivity index (χ0) is 15.3. The van der Waals surface area contributed by atoms with Gasteiger partial charge >= 0.3 is 0 Å². The summed E-state index contributed by atoms with van der Waals surface area (Å²) in [6.07, 6.45) is 1.77. The van der Waals surface area contributed by atoms with Gasteiger partial charge in [-0.05, 0) is 35.9 Å². The van der Waals surface area contributed by atoms with Crippen LogP contribution in [0.3, 0.4) is 0 Å². The smallest absolute Gasteiger partial charge is 0.267 e. The molecule has 108 valence electrons. The van der Waals surface area contributed by atoms with Crippen molar-refractivity contribution in [1.82, 2.24) is 9.38 Å². The largest absolute Gasteiger partial charge is 0.274 e. The summed E-state index contributed by atoms with van der Waals surface area (Å²) in [6.45, 7) is 0. The maximum Gasteiger partial charge on any atom is 0.274 e. The van der Waals surface area contributed by atoms with Crippen LogP contribution < -0.4 is 10.1 Å². The van der Waals surface area contributed by atoms with Crippen molar-refractivity contribution in [3.63, 3.8) is 0 Å². The summed E-state index contributed by atoms with van der Waals surface area (Å²) in [7, 11) is 0. The summed E-state index contributed by atoms with van der Waals surface area (Å²) in [4.78, 5) is 17.8. The van der Waals surface area contributed by atoms with Gasteiger partial charge in [-0.2, -0.15) is 0 Å². The van der Waals surface area contributed by atoms with Gasteiger partial charge in [-0.1, -0.05) is 52.7 Å². The standard InChI is InChI=1S/C16H8Cl2N2OS/c17-10-6-5-9(11(18)8-10)7-14-15(21)20-13-4-2-1-3-12(13)19-16(20)22-14/h1-8H/b14-7-. The molecule has 0 spiro atoms. The molecular weight excluding hydrogens is 339 g/mol. The van der Waals surface area contributed by atoms with Crippen molar-refractivity contribution in [2.24, 2.45) is 0 Å². The molecule has 0 saturated heterocycles. The molecule has 0 aliphatic rings. The number of para-hydroxylation sites is 2. The Labute approximate surface area is 139 Å². The van der Waals surface area contributed by atoms with Gasteiger partial charge in [0.15, 0.2) is 4.96 Å². The lowest BCUT2D eigenvalue weighted by molar-refractivity contribution is 1.19. The minimum absolute atomic E-state index is 0.0836. The first-order valence-electron chi connectivity index (χ1n) is 6.50. The summed E-state index contributed by atoms with van der Waals surface area (Å²) in [5.41, 5.74) is 2.32. The molecule has 0 unspecified atom stereocenters. The Morgan fingerprint density at radius 3 is 2.77 bits per heavy atom. The molecule has 0 atom stereocenters. The van der Waals surface area contributed by atoms with E-state index in [2.05, 4.69) is 4.98 Å². The Morgan fingerprint density at radius 2 is 1.95 bits per heavy atom. The van der Waals surface area contributed by atoms with E-state index in [1.165, 1.54) is 11.3 Å². The van der Waals surface area contributed by atoms with Crippen molar-refractivity contribution < 1.29 is 0 Å². The molecule has 0 fully saturated rings. The highest BCUT2D eigenvalue weighted by atomic mass is 35.5. The maximum absolute atomic E-state index is 12.6. The maximum atomic E-state index is 12.6. The number of rotatable bonds is 1. The van der Waals surface area contributed by atoms with Gasteiger partial charge in [-0.15, -0.1) is 0 Å². The molecule has 0 N–H and O–H groups in total. The molecule has 2 aromatic heterocycles. The molecule has 22 heavy (non-hydrogen) atoms. The van der Waals surface area contributed by atoms with E-state index in [1.807, 2.05) is 24.3 Å². The predicted molar refractivity (Wildman–Crippen MR) is 92.1 cm³/mol. The highest BCUT2D eigenvalue weighted by molar-refractivity contribution is 7.15. The van der Waals surface area contributed by atoms with Gasteiger partial charge in [-0.3, -0.25) is 4.79 Å². The van der Waals surface area contributed by atoms with E-state index in [9.17, 15) is 4.79 Å². The average Bonchev–Trinajstić information content (AvgIpc) is 2.99. The number of thiazole rings is 1. The number of nitrogens with zero attached hydrogens (tertiary/aromatic N) is 2. The third-order valence-electron chi connectivity index (χ3n) is 3.39. The molecule has 0 bridgehead atoms. The fourth-order valence-corrected chi connectivity index (χ4v) is 3.81. The topological polar surface area (TPSA) is 34.4 Å². The Morgan fingerprint density at radius 1 is 1.14 bits per heavy atom. The SMILES string of the molecule is O=c1/c(=C/c2ccc(Cl)cc2Cl)sc2nc3ccccc3n12. The van der Waals surface area contributed by atoms with Gasteiger partial charge in [0, 0.05) is 10.0 Å². The zero-order valence-electron chi connectivity index (χ0n) is 11.1. The lowest BCUT2D eigenvalue weighted by atomic mass is 10.2. The third kappa shape index (κ3) is 2.11. The number of hydrogen-bond acceptors (Lipinski definition) is 3. The summed E-state index contributed by atoms with van der Waals surface area (Å²) < 4.78 is 2.23. The monoisotopic (exact) mass is 346 g/mol. The minimum atomic E-state index is -0.0836. The second-order valence-electron chi connectivity index (χ2n) is 4.80. The Kier molecular flexibility index (Phi) is 3.18. The fraction of sp³-hybridized carbons (Fsp3) is 0. The predicted octanol–water partition coefficient (Wildman–Crippen LogP) is 3.76. The Balaban J connectivity index is 2.01. The van der Waals surface area contributed by atoms with Crippen LogP contribution >= 0.6 is 34.5 Å². The van der Waals surface area contributed by atoms with Gasteiger partial charge in [0.1, 0.15) is 0 Å². The molecule has 2 aromatic carbocycles.